The molecule has 6 heteroatoms. The van der Waals surface area contributed by atoms with Gasteiger partial charge < -0.3 is 23.4 Å². The first-order chi connectivity index (χ1) is 49.6. The average Bonchev–Trinajstić information content (AvgIpc) is 1.03. The molecule has 5 nitrogen and oxygen atoms in total. The Morgan fingerprint density at radius 1 is 0.327 bits per heavy atom. The van der Waals surface area contributed by atoms with Crippen LogP contribution in [0.25, 0.3) is 121 Å². The molecule has 14 aromatic carbocycles. The van der Waals surface area contributed by atoms with Gasteiger partial charge in [-0.05, 0) is 127 Å². The van der Waals surface area contributed by atoms with Crippen molar-refractivity contribution in [2.45, 2.75) is 52.4 Å². The van der Waals surface area contributed by atoms with Crippen molar-refractivity contribution in [1.82, 2.24) is 9.13 Å². The number of hydrogen-bond acceptors (Lipinski definition) is 3. The van der Waals surface area contributed by atoms with E-state index in [2.05, 4.69) is 340 Å². The van der Waals surface area contributed by atoms with Crippen LogP contribution in [0.1, 0.15) is 58.2 Å². The molecule has 3 aromatic heterocycles. The molecule has 0 radical (unpaired) electrons. The first-order valence-corrected chi connectivity index (χ1v) is 34.0. The molecule has 0 atom stereocenters. The van der Waals surface area contributed by atoms with Crippen molar-refractivity contribution in [2.24, 2.45) is 0 Å². The second-order valence-electron chi connectivity index (χ2n) is 28.5. The lowest BCUT2D eigenvalue weighted by molar-refractivity contribution is 0.590. The van der Waals surface area contributed by atoms with Crippen LogP contribution in [-0.4, -0.2) is 15.8 Å². The van der Waals surface area contributed by atoms with Crippen molar-refractivity contribution < 1.29 is 9.90 Å². The molecule has 19 rings (SSSR count). The summed E-state index contributed by atoms with van der Waals surface area (Å²) in [5.41, 5.74) is 26.0. The predicted octanol–water partition coefficient (Wildman–Crippen LogP) is 23.1. The van der Waals surface area contributed by atoms with Crippen molar-refractivity contribution in [3.63, 3.8) is 0 Å². The lowest BCUT2D eigenvalue weighted by atomic mass is 9.33. The van der Waals surface area contributed by atoms with Crippen molar-refractivity contribution in [3.05, 3.63) is 320 Å². The van der Waals surface area contributed by atoms with Gasteiger partial charge in [-0.25, -0.2) is 0 Å². The molecular formula is C92H69BN4O. The zero-order valence-corrected chi connectivity index (χ0v) is 55.4. The summed E-state index contributed by atoms with van der Waals surface area (Å²) in [6, 6.07) is 103. The Bertz CT molecular complexity index is 6160. The number of furan rings is 1. The van der Waals surface area contributed by atoms with Crippen molar-refractivity contribution in [2.75, 3.05) is 9.80 Å². The second-order valence-corrected chi connectivity index (χ2v) is 28.5. The number of benzene rings is 14. The van der Waals surface area contributed by atoms with Gasteiger partial charge in [0.1, 0.15) is 5.58 Å². The van der Waals surface area contributed by atoms with Gasteiger partial charge in [0.15, 0.2) is 5.58 Å². The maximum atomic E-state index is 9.66. The van der Waals surface area contributed by atoms with Crippen LogP contribution >= 0.6 is 0 Å². The van der Waals surface area contributed by atoms with Crippen LogP contribution in [0.3, 0.4) is 0 Å². The third-order valence-electron chi connectivity index (χ3n) is 20.7. The fourth-order valence-electron chi connectivity index (χ4n) is 16.1. The smallest absolute Gasteiger partial charge is 0.252 e. The molecule has 0 saturated carbocycles. The number of para-hydroxylation sites is 5. The molecule has 0 amide bonds. The standard InChI is InChI=1S/C92H69BN4O/c1-91(2,3)62-46-50-80-73(52-62)74-53-63(92(4,5)6)47-51-81(74)94(80)64-54-84-87-85(55-64)97(88-66(59-30-13-8-14-31-59)40-27-41-67(88)60-32-15-9-16-33-60)83-57-82(95-78-43-24-20-37-68(78)69-38-21-25-44-79(69)95)72(61-34-17-10-18-35-61)56-76(83)93(87)75-49-48-71-70-39-22-26-45-86(70)98-90(71)89(75)96(84)77-42-23-19-36-65(77)58-28-11-7-12-29-58/h7-57H,1-6H3/i22D,26D,39D,45D. The number of rotatable bonds is 8. The average molecular weight is 1260 g/mol. The Labute approximate surface area is 577 Å². The monoisotopic (exact) mass is 1260 g/mol. The molecule has 0 bridgehead atoms. The Morgan fingerprint density at radius 2 is 0.806 bits per heavy atom. The Kier molecular flexibility index (Phi) is 11.9. The fourth-order valence-corrected chi connectivity index (χ4v) is 16.1. The van der Waals surface area contributed by atoms with Gasteiger partial charge in [-0.15, -0.1) is 0 Å². The number of hydrogen-bond donors (Lipinski definition) is 0. The van der Waals surface area contributed by atoms with Crippen molar-refractivity contribution in [3.8, 4) is 55.9 Å². The largest absolute Gasteiger partial charge is 0.454 e. The molecule has 0 saturated heterocycles. The van der Waals surface area contributed by atoms with E-state index >= 15 is 0 Å². The first kappa shape index (κ1) is 53.4. The zero-order chi connectivity index (χ0) is 69.2. The third-order valence-corrected chi connectivity index (χ3v) is 20.7. The SMILES string of the molecule is [2H]c1c([2H])c([2H])c2c(oc3c4c(ccc32)B2c3cc(-c5ccccc5)c(-n5c6ccccc6c6ccccc65)cc3N(c3c(-c5ccccc5)cccc3-c3ccccc3)c3cc(-n5c6ccc(C(C)(C)C)cc6c6cc(C(C)(C)C)ccc65)cc(c32)N4c2ccccc2-c2ccccc2)c1[2H]. The lowest BCUT2D eigenvalue weighted by Gasteiger charge is -2.45. The molecule has 0 unspecified atom stereocenters. The van der Waals surface area contributed by atoms with E-state index in [1.807, 2.05) is 6.07 Å². The van der Waals surface area contributed by atoms with Crippen molar-refractivity contribution >= 4 is 123 Å². The van der Waals surface area contributed by atoms with Crippen LogP contribution in [0.5, 0.6) is 0 Å². The Hall–Kier alpha value is -11.9. The molecule has 17 aromatic rings. The minimum absolute atomic E-state index is 0.110. The maximum absolute atomic E-state index is 9.66. The summed E-state index contributed by atoms with van der Waals surface area (Å²) in [5.74, 6) is 0. The van der Waals surface area contributed by atoms with Gasteiger partial charge in [0, 0.05) is 71.6 Å². The quantitative estimate of drug-likeness (QED) is 0.142. The summed E-state index contributed by atoms with van der Waals surface area (Å²) in [5, 5.41) is 5.59. The summed E-state index contributed by atoms with van der Waals surface area (Å²) in [6.45, 7) is 13.3. The molecule has 2 aliphatic heterocycles. The van der Waals surface area contributed by atoms with Gasteiger partial charge in [-0.3, -0.25) is 0 Å². The minimum atomic E-state index is -0.506. The highest BCUT2D eigenvalue weighted by molar-refractivity contribution is 7.00. The van der Waals surface area contributed by atoms with E-state index in [9.17, 15) is 2.74 Å². The first-order valence-electron chi connectivity index (χ1n) is 36.0. The van der Waals surface area contributed by atoms with Crippen molar-refractivity contribution in [1.29, 1.82) is 0 Å². The molecule has 0 fully saturated rings. The van der Waals surface area contributed by atoms with Gasteiger partial charge in [0.25, 0.3) is 6.71 Å². The molecular weight excluding hydrogens is 1190 g/mol. The molecule has 0 N–H and O–H groups in total. The topological polar surface area (TPSA) is 29.5 Å². The van der Waals surface area contributed by atoms with E-state index < -0.39 is 6.71 Å². The highest BCUT2D eigenvalue weighted by atomic mass is 16.3. The molecule has 0 aliphatic carbocycles. The molecule has 466 valence electrons. The summed E-state index contributed by atoms with van der Waals surface area (Å²) in [4.78, 5) is 5.03. The normalized spacial score (nSPS) is 13.5. The van der Waals surface area contributed by atoms with E-state index in [0.29, 0.717) is 16.4 Å². The van der Waals surface area contributed by atoms with Gasteiger partial charge >= 0.3 is 0 Å². The van der Waals surface area contributed by atoms with Crippen LogP contribution in [0.15, 0.2) is 314 Å². The number of nitrogens with zero attached hydrogens (tertiary/aromatic N) is 4. The molecule has 5 heterocycles. The van der Waals surface area contributed by atoms with Crippen LogP contribution in [0.2, 0.25) is 0 Å². The number of fused-ring (bicyclic) bond motifs is 14. The van der Waals surface area contributed by atoms with Gasteiger partial charge in [0.05, 0.1) is 56.0 Å². The molecule has 0 spiro atoms. The molecule has 2 aliphatic rings. The van der Waals surface area contributed by atoms with E-state index in [4.69, 9.17) is 7.16 Å². The van der Waals surface area contributed by atoms with Crippen LogP contribution in [-0.2, 0) is 10.8 Å². The lowest BCUT2D eigenvalue weighted by Crippen LogP contribution is -2.61. The van der Waals surface area contributed by atoms with E-state index in [1.54, 1.807) is 0 Å². The minimum Gasteiger partial charge on any atom is -0.454 e. The molecule has 98 heavy (non-hydrogen) atoms. The number of anilines is 6. The summed E-state index contributed by atoms with van der Waals surface area (Å²) < 4.78 is 49.8. The highest BCUT2D eigenvalue weighted by Gasteiger charge is 2.47. The van der Waals surface area contributed by atoms with Crippen LogP contribution in [0, 0.1) is 0 Å². The summed E-state index contributed by atoms with van der Waals surface area (Å²) in [6.07, 6.45) is 0. The van der Waals surface area contributed by atoms with Gasteiger partial charge in [-0.1, -0.05) is 284 Å². The number of aromatic nitrogens is 2. The Balaban J connectivity index is 1.05. The third kappa shape index (κ3) is 8.80. The maximum Gasteiger partial charge on any atom is 0.252 e. The second kappa shape index (κ2) is 21.8. The van der Waals surface area contributed by atoms with E-state index in [1.165, 1.54) is 21.9 Å². The Morgan fingerprint density at radius 3 is 1.38 bits per heavy atom. The van der Waals surface area contributed by atoms with Crippen LogP contribution in [0.4, 0.5) is 34.1 Å². The van der Waals surface area contributed by atoms with E-state index in [0.717, 1.165) is 139 Å². The predicted molar refractivity (Wildman–Crippen MR) is 416 cm³/mol. The van der Waals surface area contributed by atoms with Gasteiger partial charge in [-0.2, -0.15) is 0 Å². The van der Waals surface area contributed by atoms with Crippen LogP contribution < -0.4 is 26.2 Å². The summed E-state index contributed by atoms with van der Waals surface area (Å²) >= 11 is 0. The summed E-state index contributed by atoms with van der Waals surface area (Å²) in [7, 11) is 0. The zero-order valence-electron chi connectivity index (χ0n) is 59.4. The van der Waals surface area contributed by atoms with E-state index in [-0.39, 0.29) is 40.6 Å². The fraction of sp³-hybridized carbons (Fsp3) is 0.0870. The highest BCUT2D eigenvalue weighted by Crippen LogP contribution is 2.55. The van der Waals surface area contributed by atoms with Gasteiger partial charge in [0.2, 0.25) is 0 Å².